The van der Waals surface area contributed by atoms with E-state index in [9.17, 15) is 0 Å². The van der Waals surface area contributed by atoms with Gasteiger partial charge >= 0.3 is 0 Å². The second-order valence-corrected chi connectivity index (χ2v) is 5.03. The largest absolute Gasteiger partial charge is 0.378 e. The van der Waals surface area contributed by atoms with Crippen LogP contribution in [-0.4, -0.2) is 54.8 Å². The molecule has 0 bridgehead atoms. The normalized spacial score (nSPS) is 16.9. The van der Waals surface area contributed by atoms with Crippen LogP contribution in [0.25, 0.3) is 0 Å². The maximum atomic E-state index is 5.36. The van der Waals surface area contributed by atoms with Crippen LogP contribution in [0.3, 0.4) is 0 Å². The number of hydrogen-bond acceptors (Lipinski definition) is 7. The van der Waals surface area contributed by atoms with E-state index in [1.807, 2.05) is 7.05 Å². The molecule has 0 aliphatic carbocycles. The van der Waals surface area contributed by atoms with Crippen molar-refractivity contribution >= 4 is 17.8 Å². The van der Waals surface area contributed by atoms with Gasteiger partial charge in [0.2, 0.25) is 17.8 Å². The zero-order chi connectivity index (χ0) is 14.4. The van der Waals surface area contributed by atoms with E-state index >= 15 is 0 Å². The average molecular weight is 280 g/mol. The number of morpholine rings is 1. The summed E-state index contributed by atoms with van der Waals surface area (Å²) in [4.78, 5) is 15.4. The van der Waals surface area contributed by atoms with Gasteiger partial charge in [0.05, 0.1) is 13.2 Å². The van der Waals surface area contributed by atoms with E-state index in [2.05, 4.69) is 44.3 Å². The second-order valence-electron chi connectivity index (χ2n) is 5.03. The van der Waals surface area contributed by atoms with Gasteiger partial charge in [0.1, 0.15) is 0 Å². The molecule has 1 atom stereocenters. The first kappa shape index (κ1) is 14.8. The van der Waals surface area contributed by atoms with E-state index in [0.717, 1.165) is 39.3 Å². The predicted molar refractivity (Wildman–Crippen MR) is 80.4 cm³/mol. The van der Waals surface area contributed by atoms with Crippen molar-refractivity contribution in [3.63, 3.8) is 0 Å². The number of rotatable bonds is 6. The molecule has 0 amide bonds. The Labute approximate surface area is 120 Å². The molecule has 1 fully saturated rings. The van der Waals surface area contributed by atoms with E-state index in [4.69, 9.17) is 4.74 Å². The van der Waals surface area contributed by atoms with Crippen molar-refractivity contribution in [3.8, 4) is 0 Å². The van der Waals surface area contributed by atoms with Gasteiger partial charge in [-0.15, -0.1) is 0 Å². The first-order valence-electron chi connectivity index (χ1n) is 7.23. The molecule has 1 aliphatic heterocycles. The Morgan fingerprint density at radius 2 is 1.90 bits per heavy atom. The lowest BCUT2D eigenvalue weighted by atomic mass is 10.1. The van der Waals surface area contributed by atoms with E-state index < -0.39 is 0 Å². The van der Waals surface area contributed by atoms with Crippen LogP contribution in [0, 0.1) is 5.92 Å². The van der Waals surface area contributed by atoms with E-state index in [-0.39, 0.29) is 0 Å². The second kappa shape index (κ2) is 7.23. The van der Waals surface area contributed by atoms with Crippen molar-refractivity contribution in [1.82, 2.24) is 15.0 Å². The molecular weight excluding hydrogens is 256 g/mol. The van der Waals surface area contributed by atoms with Gasteiger partial charge in [0.25, 0.3) is 0 Å². The molecule has 0 saturated carbocycles. The minimum atomic E-state index is 0.591. The van der Waals surface area contributed by atoms with Gasteiger partial charge in [-0.25, -0.2) is 0 Å². The van der Waals surface area contributed by atoms with E-state index in [1.54, 1.807) is 0 Å². The third-order valence-corrected chi connectivity index (χ3v) is 3.45. The van der Waals surface area contributed by atoms with Crippen molar-refractivity contribution in [2.24, 2.45) is 5.92 Å². The molecule has 1 aromatic rings. The fourth-order valence-electron chi connectivity index (χ4n) is 1.87. The van der Waals surface area contributed by atoms with Crippen LogP contribution in [0.1, 0.15) is 20.3 Å². The number of nitrogens with zero attached hydrogens (tertiary/aromatic N) is 4. The van der Waals surface area contributed by atoms with Gasteiger partial charge in [-0.2, -0.15) is 15.0 Å². The fraction of sp³-hybridized carbons (Fsp3) is 0.769. The number of nitrogens with one attached hydrogen (secondary N) is 2. The monoisotopic (exact) mass is 280 g/mol. The molecule has 0 radical (unpaired) electrons. The molecule has 7 nitrogen and oxygen atoms in total. The Hall–Kier alpha value is -1.63. The Morgan fingerprint density at radius 3 is 2.55 bits per heavy atom. The molecule has 20 heavy (non-hydrogen) atoms. The minimum absolute atomic E-state index is 0.591. The number of anilines is 3. The van der Waals surface area contributed by atoms with Gasteiger partial charge in [0, 0.05) is 26.7 Å². The summed E-state index contributed by atoms with van der Waals surface area (Å²) >= 11 is 0. The molecule has 2 rings (SSSR count). The average Bonchev–Trinajstić information content (AvgIpc) is 2.53. The van der Waals surface area contributed by atoms with E-state index in [1.165, 1.54) is 0 Å². The smallest absolute Gasteiger partial charge is 0.232 e. The lowest BCUT2D eigenvalue weighted by molar-refractivity contribution is 0.122. The molecule has 1 unspecified atom stereocenters. The standard InChI is InChI=1S/C13H24N6O/c1-4-10(2)9-15-12-16-11(14-3)17-13(18-12)19-5-7-20-8-6-19/h10H,4-9H2,1-3H3,(H2,14,15,16,17,18). The summed E-state index contributed by atoms with van der Waals surface area (Å²) in [6.45, 7) is 8.32. The van der Waals surface area contributed by atoms with Gasteiger partial charge in [0.15, 0.2) is 0 Å². The van der Waals surface area contributed by atoms with Crippen LogP contribution in [0.15, 0.2) is 0 Å². The van der Waals surface area contributed by atoms with Crippen LogP contribution in [0.5, 0.6) is 0 Å². The summed E-state index contributed by atoms with van der Waals surface area (Å²) in [5, 5.41) is 6.28. The zero-order valence-electron chi connectivity index (χ0n) is 12.5. The maximum Gasteiger partial charge on any atom is 0.232 e. The van der Waals surface area contributed by atoms with Crippen LogP contribution in [0.4, 0.5) is 17.8 Å². The topological polar surface area (TPSA) is 75.2 Å². The fourth-order valence-corrected chi connectivity index (χ4v) is 1.87. The molecule has 1 aromatic heterocycles. The summed E-state index contributed by atoms with van der Waals surface area (Å²) in [5.74, 6) is 2.52. The van der Waals surface area contributed by atoms with Gasteiger partial charge in [-0.1, -0.05) is 20.3 Å². The Kier molecular flexibility index (Phi) is 5.34. The quantitative estimate of drug-likeness (QED) is 0.811. The molecule has 1 aliphatic rings. The minimum Gasteiger partial charge on any atom is -0.378 e. The van der Waals surface area contributed by atoms with Gasteiger partial charge in [-0.3, -0.25) is 0 Å². The first-order valence-corrected chi connectivity index (χ1v) is 7.23. The molecule has 7 heteroatoms. The Balaban J connectivity index is 2.10. The zero-order valence-corrected chi connectivity index (χ0v) is 12.5. The number of hydrogen-bond donors (Lipinski definition) is 2. The SMILES string of the molecule is CCC(C)CNc1nc(NC)nc(N2CCOCC2)n1. The molecule has 2 N–H and O–H groups in total. The van der Waals surface area contributed by atoms with Crippen LogP contribution in [0.2, 0.25) is 0 Å². The van der Waals surface area contributed by atoms with E-state index in [0.29, 0.717) is 23.8 Å². The van der Waals surface area contributed by atoms with Crippen molar-refractivity contribution < 1.29 is 4.74 Å². The predicted octanol–water partition coefficient (Wildman–Crippen LogP) is 1.21. The first-order chi connectivity index (χ1) is 9.72. The van der Waals surface area contributed by atoms with Crippen molar-refractivity contribution in [2.75, 3.05) is 55.4 Å². The Bertz CT molecular complexity index is 421. The van der Waals surface area contributed by atoms with Crippen LogP contribution >= 0.6 is 0 Å². The van der Waals surface area contributed by atoms with Crippen molar-refractivity contribution in [2.45, 2.75) is 20.3 Å². The third-order valence-electron chi connectivity index (χ3n) is 3.45. The van der Waals surface area contributed by atoms with Crippen molar-refractivity contribution in [3.05, 3.63) is 0 Å². The molecule has 1 saturated heterocycles. The number of aromatic nitrogens is 3. The lowest BCUT2D eigenvalue weighted by Gasteiger charge is -2.27. The lowest BCUT2D eigenvalue weighted by Crippen LogP contribution is -2.37. The highest BCUT2D eigenvalue weighted by Crippen LogP contribution is 2.15. The Morgan fingerprint density at radius 1 is 1.20 bits per heavy atom. The summed E-state index contributed by atoms with van der Waals surface area (Å²) in [6, 6.07) is 0. The molecule has 2 heterocycles. The molecule has 0 spiro atoms. The third kappa shape index (κ3) is 3.93. The number of ether oxygens (including phenoxy) is 1. The van der Waals surface area contributed by atoms with Crippen molar-refractivity contribution in [1.29, 1.82) is 0 Å². The summed E-state index contributed by atoms with van der Waals surface area (Å²) in [5.41, 5.74) is 0. The maximum absolute atomic E-state index is 5.36. The molecular formula is C13H24N6O. The highest BCUT2D eigenvalue weighted by Gasteiger charge is 2.16. The van der Waals surface area contributed by atoms with Gasteiger partial charge in [-0.05, 0) is 5.92 Å². The van der Waals surface area contributed by atoms with Crippen LogP contribution < -0.4 is 15.5 Å². The highest BCUT2D eigenvalue weighted by molar-refractivity contribution is 5.43. The molecule has 0 aromatic carbocycles. The van der Waals surface area contributed by atoms with Gasteiger partial charge < -0.3 is 20.3 Å². The van der Waals surface area contributed by atoms with Crippen LogP contribution in [-0.2, 0) is 4.74 Å². The summed E-state index contributed by atoms with van der Waals surface area (Å²) < 4.78 is 5.36. The highest BCUT2D eigenvalue weighted by atomic mass is 16.5. The summed E-state index contributed by atoms with van der Waals surface area (Å²) in [6.07, 6.45) is 1.13. The summed E-state index contributed by atoms with van der Waals surface area (Å²) in [7, 11) is 1.82. The molecule has 112 valence electrons.